The quantitative estimate of drug-likeness (QED) is 0.684. The van der Waals surface area contributed by atoms with Crippen LogP contribution in [0.4, 0.5) is 4.39 Å². The van der Waals surface area contributed by atoms with Gasteiger partial charge >= 0.3 is 0 Å². The van der Waals surface area contributed by atoms with Crippen molar-refractivity contribution in [2.45, 2.75) is 12.3 Å². The minimum absolute atomic E-state index is 0.244. The van der Waals surface area contributed by atoms with Crippen molar-refractivity contribution in [2.75, 3.05) is 11.8 Å². The lowest BCUT2D eigenvalue weighted by Crippen LogP contribution is -2.27. The lowest BCUT2D eigenvalue weighted by atomic mass is 9.86. The van der Waals surface area contributed by atoms with Gasteiger partial charge < -0.3 is 0 Å². The van der Waals surface area contributed by atoms with Gasteiger partial charge in [-0.15, -0.1) is 23.2 Å². The summed E-state index contributed by atoms with van der Waals surface area (Å²) in [5.74, 6) is 0.390. The van der Waals surface area contributed by atoms with Crippen LogP contribution in [0.1, 0.15) is 12.5 Å². The molecule has 0 aromatic heterocycles. The van der Waals surface area contributed by atoms with Crippen LogP contribution in [0.15, 0.2) is 24.3 Å². The molecule has 72 valence electrons. The van der Waals surface area contributed by atoms with Crippen molar-refractivity contribution >= 4 is 23.2 Å². The Morgan fingerprint density at radius 2 is 1.77 bits per heavy atom. The molecular weight excluding hydrogens is 210 g/mol. The Kier molecular flexibility index (Phi) is 3.57. The molecule has 0 aliphatic carbocycles. The molecule has 13 heavy (non-hydrogen) atoms. The minimum atomic E-state index is -0.478. The third-order valence-corrected chi connectivity index (χ3v) is 3.29. The normalized spacial score (nSPS) is 11.7. The van der Waals surface area contributed by atoms with Crippen molar-refractivity contribution in [1.29, 1.82) is 0 Å². The van der Waals surface area contributed by atoms with Crippen molar-refractivity contribution in [3.8, 4) is 0 Å². The average molecular weight is 221 g/mol. The van der Waals surface area contributed by atoms with Gasteiger partial charge in [0, 0.05) is 17.2 Å². The summed E-state index contributed by atoms with van der Waals surface area (Å²) in [6.45, 7) is 1.85. The van der Waals surface area contributed by atoms with Crippen LogP contribution in [0.25, 0.3) is 0 Å². The molecule has 0 N–H and O–H groups in total. The molecular formula is C10H11Cl2F. The Bertz CT molecular complexity index is 282. The van der Waals surface area contributed by atoms with Gasteiger partial charge in [0.05, 0.1) is 0 Å². The Morgan fingerprint density at radius 1 is 1.23 bits per heavy atom. The Labute approximate surface area is 87.7 Å². The maximum atomic E-state index is 13.3. The van der Waals surface area contributed by atoms with Gasteiger partial charge in [0.25, 0.3) is 0 Å². The van der Waals surface area contributed by atoms with Gasteiger partial charge in [-0.05, 0) is 11.6 Å². The predicted molar refractivity (Wildman–Crippen MR) is 55.2 cm³/mol. The van der Waals surface area contributed by atoms with Crippen molar-refractivity contribution in [2.24, 2.45) is 0 Å². The summed E-state index contributed by atoms with van der Waals surface area (Å²) in [6.07, 6.45) is 0. The zero-order valence-electron chi connectivity index (χ0n) is 7.36. The maximum Gasteiger partial charge on any atom is 0.127 e. The van der Waals surface area contributed by atoms with Gasteiger partial charge in [-0.2, -0.15) is 0 Å². The van der Waals surface area contributed by atoms with E-state index in [0.717, 1.165) is 0 Å². The third kappa shape index (κ3) is 2.15. The van der Waals surface area contributed by atoms with Crippen LogP contribution in [-0.2, 0) is 5.41 Å². The number of hydrogen-bond donors (Lipinski definition) is 0. The molecule has 0 atom stereocenters. The summed E-state index contributed by atoms with van der Waals surface area (Å²) >= 11 is 11.5. The number of rotatable bonds is 3. The minimum Gasteiger partial charge on any atom is -0.207 e. The van der Waals surface area contributed by atoms with Crippen LogP contribution in [0.3, 0.4) is 0 Å². The van der Waals surface area contributed by atoms with Crippen LogP contribution in [0, 0.1) is 5.82 Å². The molecule has 3 heteroatoms. The van der Waals surface area contributed by atoms with E-state index in [4.69, 9.17) is 23.2 Å². The monoisotopic (exact) mass is 220 g/mol. The van der Waals surface area contributed by atoms with E-state index in [0.29, 0.717) is 17.3 Å². The van der Waals surface area contributed by atoms with Crippen LogP contribution < -0.4 is 0 Å². The highest BCUT2D eigenvalue weighted by Gasteiger charge is 2.27. The fraction of sp³-hybridized carbons (Fsp3) is 0.400. The van der Waals surface area contributed by atoms with Crippen molar-refractivity contribution in [3.63, 3.8) is 0 Å². The highest BCUT2D eigenvalue weighted by atomic mass is 35.5. The highest BCUT2D eigenvalue weighted by molar-refractivity contribution is 6.22. The molecule has 0 bridgehead atoms. The molecule has 1 aromatic rings. The molecule has 0 radical (unpaired) electrons. The molecule has 0 aliphatic heterocycles. The second kappa shape index (κ2) is 4.30. The molecule has 0 aliphatic rings. The molecule has 0 unspecified atom stereocenters. The van der Waals surface area contributed by atoms with Crippen LogP contribution in [0.5, 0.6) is 0 Å². The molecule has 0 heterocycles. The topological polar surface area (TPSA) is 0 Å². The lowest BCUT2D eigenvalue weighted by Gasteiger charge is -2.25. The van der Waals surface area contributed by atoms with E-state index in [-0.39, 0.29) is 5.82 Å². The second-order valence-electron chi connectivity index (χ2n) is 3.31. The second-order valence-corrected chi connectivity index (χ2v) is 3.84. The molecule has 0 spiro atoms. The number of alkyl halides is 2. The summed E-state index contributed by atoms with van der Waals surface area (Å²) in [6, 6.07) is 6.59. The maximum absolute atomic E-state index is 13.3. The van der Waals surface area contributed by atoms with Crippen LogP contribution >= 0.6 is 23.2 Å². The molecule has 0 fully saturated rings. The zero-order valence-corrected chi connectivity index (χ0v) is 8.87. The van der Waals surface area contributed by atoms with E-state index in [1.807, 2.05) is 6.92 Å². The smallest absolute Gasteiger partial charge is 0.127 e. The summed E-state index contributed by atoms with van der Waals surface area (Å²) in [4.78, 5) is 0. The molecule has 0 saturated heterocycles. The largest absolute Gasteiger partial charge is 0.207 e. The summed E-state index contributed by atoms with van der Waals surface area (Å²) in [5, 5.41) is 0. The SMILES string of the molecule is CC(CCl)(CCl)c1ccccc1F. The first-order valence-corrected chi connectivity index (χ1v) is 5.08. The number of benzene rings is 1. The average Bonchev–Trinajstić information content (AvgIpc) is 2.17. The summed E-state index contributed by atoms with van der Waals surface area (Å²) < 4.78 is 13.3. The van der Waals surface area contributed by atoms with Crippen LogP contribution in [-0.4, -0.2) is 11.8 Å². The summed E-state index contributed by atoms with van der Waals surface area (Å²) in [5.41, 5.74) is 0.106. The fourth-order valence-corrected chi connectivity index (χ4v) is 1.70. The van der Waals surface area contributed by atoms with Gasteiger partial charge in [-0.3, -0.25) is 0 Å². The Morgan fingerprint density at radius 3 is 2.23 bits per heavy atom. The predicted octanol–water partition coefficient (Wildman–Crippen LogP) is 3.56. The first-order valence-electron chi connectivity index (χ1n) is 4.01. The number of halogens is 3. The first-order chi connectivity index (χ1) is 6.14. The van der Waals surface area contributed by atoms with Gasteiger partial charge in [0.15, 0.2) is 0 Å². The van der Waals surface area contributed by atoms with Crippen molar-refractivity contribution < 1.29 is 4.39 Å². The van der Waals surface area contributed by atoms with E-state index < -0.39 is 5.41 Å². The highest BCUT2D eigenvalue weighted by Crippen LogP contribution is 2.28. The van der Waals surface area contributed by atoms with Crippen LogP contribution in [0.2, 0.25) is 0 Å². The van der Waals surface area contributed by atoms with Gasteiger partial charge in [0.1, 0.15) is 5.82 Å². The Hall–Kier alpha value is -0.270. The fourth-order valence-electron chi connectivity index (χ4n) is 1.13. The van der Waals surface area contributed by atoms with Crippen molar-refractivity contribution in [3.05, 3.63) is 35.6 Å². The van der Waals surface area contributed by atoms with E-state index in [1.165, 1.54) is 6.07 Å². The van der Waals surface area contributed by atoms with Crippen molar-refractivity contribution in [1.82, 2.24) is 0 Å². The van der Waals surface area contributed by atoms with Gasteiger partial charge in [-0.25, -0.2) is 4.39 Å². The molecule has 0 nitrogen and oxygen atoms in total. The standard InChI is InChI=1S/C10H11Cl2F/c1-10(6-11,7-12)8-4-2-3-5-9(8)13/h2-5H,6-7H2,1H3. The molecule has 0 amide bonds. The van der Waals surface area contributed by atoms with E-state index >= 15 is 0 Å². The molecule has 0 saturated carbocycles. The van der Waals surface area contributed by atoms with Gasteiger partial charge in [0.2, 0.25) is 0 Å². The molecule has 1 aromatic carbocycles. The first kappa shape index (κ1) is 10.8. The molecule has 1 rings (SSSR count). The summed E-state index contributed by atoms with van der Waals surface area (Å²) in [7, 11) is 0. The lowest BCUT2D eigenvalue weighted by molar-refractivity contribution is 0.531. The van der Waals surface area contributed by atoms with E-state index in [2.05, 4.69) is 0 Å². The van der Waals surface area contributed by atoms with Gasteiger partial charge in [-0.1, -0.05) is 25.1 Å². The number of hydrogen-bond acceptors (Lipinski definition) is 0. The van der Waals surface area contributed by atoms with E-state index in [1.54, 1.807) is 18.2 Å². The van der Waals surface area contributed by atoms with E-state index in [9.17, 15) is 4.39 Å². The third-order valence-electron chi connectivity index (χ3n) is 2.11. The zero-order chi connectivity index (χ0) is 9.90. The Balaban J connectivity index is 3.12.